The van der Waals surface area contributed by atoms with Gasteiger partial charge in [0, 0.05) is 29.6 Å². The number of hydrogen-bond acceptors (Lipinski definition) is 4. The number of hydrogen-bond donors (Lipinski definition) is 2. The number of nitrogens with two attached hydrogens (primary N) is 1. The van der Waals surface area contributed by atoms with Crippen LogP contribution in [0.15, 0.2) is 48.7 Å². The highest BCUT2D eigenvalue weighted by molar-refractivity contribution is 6.22. The number of nitrogens with one attached hydrogen (secondary N) is 1. The number of quaternary nitrogens is 1. The van der Waals surface area contributed by atoms with Crippen molar-refractivity contribution >= 4 is 28.4 Å². The van der Waals surface area contributed by atoms with Crippen LogP contribution in [-0.4, -0.2) is 43.6 Å². The lowest BCUT2D eigenvalue weighted by Crippen LogP contribution is -2.92. The van der Waals surface area contributed by atoms with Crippen LogP contribution in [0.25, 0.3) is 10.9 Å². The van der Waals surface area contributed by atoms with Gasteiger partial charge in [-0.2, -0.15) is 0 Å². The number of H-pyrrole nitrogens is 1. The van der Waals surface area contributed by atoms with Crippen LogP contribution in [0.2, 0.25) is 0 Å². The van der Waals surface area contributed by atoms with E-state index in [-0.39, 0.29) is 18.2 Å². The summed E-state index contributed by atoms with van der Waals surface area (Å²) in [6, 6.07) is 12.8. The number of ether oxygens (including phenoxy) is 2. The number of methoxy groups -OCH3 is 2. The Morgan fingerprint density at radius 2 is 1.97 bits per heavy atom. The van der Waals surface area contributed by atoms with Crippen molar-refractivity contribution < 1.29 is 24.4 Å². The van der Waals surface area contributed by atoms with Gasteiger partial charge in [-0.15, -0.1) is 0 Å². The molecule has 0 bridgehead atoms. The van der Waals surface area contributed by atoms with Crippen LogP contribution in [0.4, 0.5) is 5.69 Å². The summed E-state index contributed by atoms with van der Waals surface area (Å²) in [4.78, 5) is 30.1. The summed E-state index contributed by atoms with van der Waals surface area (Å²) in [6.07, 6.45) is 2.99. The Balaban J connectivity index is 1.46. The summed E-state index contributed by atoms with van der Waals surface area (Å²) < 4.78 is 10.6. The highest BCUT2D eigenvalue weighted by Crippen LogP contribution is 2.34. The number of nitrogens with zero attached hydrogens (tertiary/aromatic N) is 1. The van der Waals surface area contributed by atoms with E-state index < -0.39 is 6.04 Å². The Kier molecular flexibility index (Phi) is 5.22. The average molecular weight is 394 g/mol. The predicted octanol–water partition coefficient (Wildman–Crippen LogP) is 1.62. The minimum absolute atomic E-state index is 0.174. The Hall–Kier alpha value is -3.32. The maximum Gasteiger partial charge on any atom is 0.292 e. The molecule has 1 aliphatic rings. The third-order valence-electron chi connectivity index (χ3n) is 5.35. The van der Waals surface area contributed by atoms with Crippen molar-refractivity contribution in [2.75, 3.05) is 25.7 Å². The number of anilines is 1. The van der Waals surface area contributed by atoms with Crippen LogP contribution in [-0.2, 0) is 16.0 Å². The zero-order valence-corrected chi connectivity index (χ0v) is 16.5. The SMILES string of the molecule is COc1ccc(OC)c(N2C(=O)C[C@H]([NH2+]CCc3c[nH]c4ccccc34)C2=O)c1. The lowest BCUT2D eigenvalue weighted by atomic mass is 10.1. The van der Waals surface area contributed by atoms with Crippen LogP contribution < -0.4 is 19.7 Å². The quantitative estimate of drug-likeness (QED) is 0.596. The molecular weight excluding hydrogens is 370 g/mol. The molecular formula is C22H24N3O4+. The Bertz CT molecular complexity index is 1060. The van der Waals surface area contributed by atoms with Gasteiger partial charge in [-0.25, -0.2) is 4.90 Å². The van der Waals surface area contributed by atoms with Gasteiger partial charge in [-0.1, -0.05) is 18.2 Å². The average Bonchev–Trinajstić information content (AvgIpc) is 3.28. The number of para-hydroxylation sites is 1. The summed E-state index contributed by atoms with van der Waals surface area (Å²) in [6.45, 7) is 0.717. The molecule has 7 heteroatoms. The predicted molar refractivity (Wildman–Crippen MR) is 109 cm³/mol. The number of carbonyl (C=O) groups excluding carboxylic acids is 2. The molecule has 1 aromatic heterocycles. The van der Waals surface area contributed by atoms with Gasteiger partial charge in [0.25, 0.3) is 5.91 Å². The van der Waals surface area contributed by atoms with E-state index in [4.69, 9.17) is 9.47 Å². The molecule has 1 saturated heterocycles. The molecule has 1 aliphatic heterocycles. The lowest BCUT2D eigenvalue weighted by molar-refractivity contribution is -0.674. The number of carbonyl (C=O) groups is 2. The minimum Gasteiger partial charge on any atom is -0.497 e. The normalized spacial score (nSPS) is 16.6. The third kappa shape index (κ3) is 3.56. The molecule has 150 valence electrons. The molecule has 0 saturated carbocycles. The molecule has 3 N–H and O–H groups in total. The second-order valence-electron chi connectivity index (χ2n) is 7.05. The molecule has 0 aliphatic carbocycles. The van der Waals surface area contributed by atoms with Crippen LogP contribution >= 0.6 is 0 Å². The molecule has 3 aromatic rings. The van der Waals surface area contributed by atoms with Gasteiger partial charge in [0.1, 0.15) is 11.5 Å². The van der Waals surface area contributed by atoms with Crippen molar-refractivity contribution in [3.8, 4) is 11.5 Å². The van der Waals surface area contributed by atoms with Gasteiger partial charge >= 0.3 is 0 Å². The van der Waals surface area contributed by atoms with Crippen molar-refractivity contribution in [2.45, 2.75) is 18.9 Å². The Labute approximate surface area is 168 Å². The molecule has 2 amide bonds. The Morgan fingerprint density at radius 3 is 2.76 bits per heavy atom. The van der Waals surface area contributed by atoms with Crippen molar-refractivity contribution in [3.63, 3.8) is 0 Å². The van der Waals surface area contributed by atoms with E-state index >= 15 is 0 Å². The van der Waals surface area contributed by atoms with Crippen molar-refractivity contribution in [3.05, 3.63) is 54.2 Å². The van der Waals surface area contributed by atoms with Gasteiger partial charge in [0.05, 0.1) is 32.9 Å². The van der Waals surface area contributed by atoms with E-state index in [0.29, 0.717) is 23.7 Å². The first-order valence-electron chi connectivity index (χ1n) is 9.59. The molecule has 2 heterocycles. The number of amides is 2. The number of aromatic nitrogens is 1. The smallest absolute Gasteiger partial charge is 0.292 e. The molecule has 0 spiro atoms. The van der Waals surface area contributed by atoms with Crippen molar-refractivity contribution in [1.82, 2.24) is 4.98 Å². The third-order valence-corrected chi connectivity index (χ3v) is 5.35. The molecule has 1 atom stereocenters. The molecule has 2 aromatic carbocycles. The van der Waals surface area contributed by atoms with Gasteiger partial charge in [0.15, 0.2) is 6.04 Å². The highest BCUT2D eigenvalue weighted by atomic mass is 16.5. The number of benzene rings is 2. The van der Waals surface area contributed by atoms with E-state index in [1.165, 1.54) is 23.0 Å². The van der Waals surface area contributed by atoms with E-state index in [1.54, 1.807) is 25.3 Å². The molecule has 29 heavy (non-hydrogen) atoms. The first-order chi connectivity index (χ1) is 14.1. The highest BCUT2D eigenvalue weighted by Gasteiger charge is 2.43. The monoisotopic (exact) mass is 394 g/mol. The van der Waals surface area contributed by atoms with E-state index in [2.05, 4.69) is 11.1 Å². The van der Waals surface area contributed by atoms with Gasteiger partial charge in [0.2, 0.25) is 5.91 Å². The van der Waals surface area contributed by atoms with E-state index in [1.807, 2.05) is 29.7 Å². The standard InChI is InChI=1S/C22H23N3O4/c1-28-15-7-8-20(29-2)19(11-15)25-21(26)12-18(22(25)27)23-10-9-14-13-24-17-6-4-3-5-16(14)17/h3-8,11,13,18,23-24H,9-10,12H2,1-2H3/p+1/t18-/m0/s1. The first-order valence-corrected chi connectivity index (χ1v) is 9.59. The van der Waals surface area contributed by atoms with E-state index in [0.717, 1.165) is 11.9 Å². The molecule has 0 radical (unpaired) electrons. The lowest BCUT2D eigenvalue weighted by Gasteiger charge is -2.18. The second-order valence-corrected chi connectivity index (χ2v) is 7.05. The largest absolute Gasteiger partial charge is 0.497 e. The number of aromatic amines is 1. The summed E-state index contributed by atoms with van der Waals surface area (Å²) in [5, 5.41) is 3.15. The maximum atomic E-state index is 13.0. The zero-order valence-electron chi connectivity index (χ0n) is 16.5. The van der Waals surface area contributed by atoms with Crippen LogP contribution in [0, 0.1) is 0 Å². The van der Waals surface area contributed by atoms with Crippen molar-refractivity contribution in [1.29, 1.82) is 0 Å². The fourth-order valence-electron chi connectivity index (χ4n) is 3.84. The molecule has 1 fully saturated rings. The fourth-order valence-corrected chi connectivity index (χ4v) is 3.84. The topological polar surface area (TPSA) is 88.2 Å². The minimum atomic E-state index is -0.427. The summed E-state index contributed by atoms with van der Waals surface area (Å²) >= 11 is 0. The second kappa shape index (κ2) is 7.97. The fraction of sp³-hybridized carbons (Fsp3) is 0.273. The van der Waals surface area contributed by atoms with Gasteiger partial charge in [-0.3, -0.25) is 9.59 Å². The van der Waals surface area contributed by atoms with E-state index in [9.17, 15) is 9.59 Å². The van der Waals surface area contributed by atoms with Gasteiger partial charge < -0.3 is 19.8 Å². The molecule has 4 rings (SSSR count). The van der Waals surface area contributed by atoms with Gasteiger partial charge in [-0.05, 0) is 23.8 Å². The summed E-state index contributed by atoms with van der Waals surface area (Å²) in [5.41, 5.74) is 2.74. The summed E-state index contributed by atoms with van der Waals surface area (Å²) in [5.74, 6) is 0.579. The maximum absolute atomic E-state index is 13.0. The van der Waals surface area contributed by atoms with Crippen LogP contribution in [0.5, 0.6) is 11.5 Å². The zero-order chi connectivity index (χ0) is 20.4. The first kappa shape index (κ1) is 19.0. The molecule has 0 unspecified atom stereocenters. The van der Waals surface area contributed by atoms with Crippen LogP contribution in [0.3, 0.4) is 0 Å². The number of fused-ring (bicyclic) bond motifs is 1. The van der Waals surface area contributed by atoms with Crippen molar-refractivity contribution in [2.24, 2.45) is 0 Å². The number of imide groups is 1. The van der Waals surface area contributed by atoms with Crippen LogP contribution in [0.1, 0.15) is 12.0 Å². The number of rotatable bonds is 7. The molecule has 7 nitrogen and oxygen atoms in total. The Morgan fingerprint density at radius 1 is 1.14 bits per heavy atom. The summed E-state index contributed by atoms with van der Waals surface area (Å²) in [7, 11) is 3.06.